The van der Waals surface area contributed by atoms with E-state index < -0.39 is 5.97 Å². The maximum Gasteiger partial charge on any atom is 0.336 e. The molecule has 0 atom stereocenters. The van der Waals surface area contributed by atoms with Gasteiger partial charge >= 0.3 is 5.97 Å². The second kappa shape index (κ2) is 5.67. The van der Waals surface area contributed by atoms with Crippen LogP contribution in [0.1, 0.15) is 27.8 Å². The third kappa shape index (κ3) is 3.20. The smallest absolute Gasteiger partial charge is 0.336 e. The van der Waals surface area contributed by atoms with Gasteiger partial charge in [0.15, 0.2) is 5.78 Å². The number of carboxylic acid groups (broad SMARTS) is 1. The van der Waals surface area contributed by atoms with Crippen LogP contribution < -0.4 is 0 Å². The summed E-state index contributed by atoms with van der Waals surface area (Å²) in [5.74, 6) is -1.06. The molecule has 2 rings (SSSR count). The predicted molar refractivity (Wildman–Crippen MR) is 71.8 cm³/mol. The van der Waals surface area contributed by atoms with Gasteiger partial charge in [0.1, 0.15) is 5.69 Å². The van der Waals surface area contributed by atoms with E-state index in [-0.39, 0.29) is 11.3 Å². The summed E-state index contributed by atoms with van der Waals surface area (Å²) in [5.41, 5.74) is 0.652. The summed E-state index contributed by atoms with van der Waals surface area (Å²) in [4.78, 5) is 27.7. The molecular formula is C14H11NO3S. The van der Waals surface area contributed by atoms with Gasteiger partial charge in [-0.3, -0.25) is 9.78 Å². The SMILES string of the molecule is CC(=O)c1ccc(Sc2ccccc2C(=O)O)cn1. The lowest BCUT2D eigenvalue weighted by atomic mass is 10.2. The highest BCUT2D eigenvalue weighted by Crippen LogP contribution is 2.29. The van der Waals surface area contributed by atoms with Crippen molar-refractivity contribution < 1.29 is 14.7 Å². The van der Waals surface area contributed by atoms with Gasteiger partial charge in [0.2, 0.25) is 0 Å². The number of carboxylic acids is 1. The van der Waals surface area contributed by atoms with Crippen LogP contribution in [0.4, 0.5) is 0 Å². The number of hydrogen-bond donors (Lipinski definition) is 1. The van der Waals surface area contributed by atoms with Crippen LogP contribution in [0.5, 0.6) is 0 Å². The van der Waals surface area contributed by atoms with Crippen LogP contribution in [0.15, 0.2) is 52.4 Å². The number of carbonyl (C=O) groups is 2. The Bertz CT molecular complexity index is 623. The monoisotopic (exact) mass is 273 g/mol. The molecule has 0 aliphatic heterocycles. The number of aromatic nitrogens is 1. The largest absolute Gasteiger partial charge is 0.478 e. The summed E-state index contributed by atoms with van der Waals surface area (Å²) in [7, 11) is 0. The Kier molecular flexibility index (Phi) is 3.97. The van der Waals surface area contributed by atoms with E-state index in [2.05, 4.69) is 4.98 Å². The number of hydrogen-bond acceptors (Lipinski definition) is 4. The first-order valence-electron chi connectivity index (χ1n) is 5.55. The van der Waals surface area contributed by atoms with E-state index in [1.165, 1.54) is 18.7 Å². The average molecular weight is 273 g/mol. The van der Waals surface area contributed by atoms with E-state index in [9.17, 15) is 9.59 Å². The predicted octanol–water partition coefficient (Wildman–Crippen LogP) is 3.13. The Hall–Kier alpha value is -2.14. The highest BCUT2D eigenvalue weighted by Gasteiger charge is 2.10. The number of benzene rings is 1. The highest BCUT2D eigenvalue weighted by molar-refractivity contribution is 7.99. The van der Waals surface area contributed by atoms with Crippen molar-refractivity contribution in [2.45, 2.75) is 16.7 Å². The fourth-order valence-electron chi connectivity index (χ4n) is 1.51. The lowest BCUT2D eigenvalue weighted by Crippen LogP contribution is -1.98. The quantitative estimate of drug-likeness (QED) is 0.867. The number of ketones is 1. The van der Waals surface area contributed by atoms with Crippen LogP contribution in [0.25, 0.3) is 0 Å². The van der Waals surface area contributed by atoms with Gasteiger partial charge < -0.3 is 5.11 Å². The van der Waals surface area contributed by atoms with Crippen molar-refractivity contribution in [2.75, 3.05) is 0 Å². The fraction of sp³-hybridized carbons (Fsp3) is 0.0714. The third-order valence-electron chi connectivity index (χ3n) is 2.44. The minimum Gasteiger partial charge on any atom is -0.478 e. The molecule has 1 N–H and O–H groups in total. The molecule has 0 aliphatic carbocycles. The Balaban J connectivity index is 2.26. The molecule has 0 saturated carbocycles. The van der Waals surface area contributed by atoms with Crippen molar-refractivity contribution in [3.8, 4) is 0 Å². The second-order valence-electron chi connectivity index (χ2n) is 3.84. The summed E-state index contributed by atoms with van der Waals surface area (Å²) in [6.45, 7) is 1.45. The number of carbonyl (C=O) groups excluding carboxylic acids is 1. The molecule has 0 radical (unpaired) electrons. The van der Waals surface area contributed by atoms with Gasteiger partial charge in [0.25, 0.3) is 0 Å². The maximum absolute atomic E-state index is 11.1. The fourth-order valence-corrected chi connectivity index (χ4v) is 2.42. The molecule has 1 heterocycles. The van der Waals surface area contributed by atoms with Crippen molar-refractivity contribution >= 4 is 23.5 Å². The summed E-state index contributed by atoms with van der Waals surface area (Å²) in [6, 6.07) is 10.2. The molecule has 0 bridgehead atoms. The lowest BCUT2D eigenvalue weighted by molar-refractivity contribution is 0.0693. The van der Waals surface area contributed by atoms with Gasteiger partial charge in [0, 0.05) is 22.9 Å². The van der Waals surface area contributed by atoms with E-state index in [1.807, 2.05) is 0 Å². The summed E-state index contributed by atoms with van der Waals surface area (Å²) < 4.78 is 0. The number of rotatable bonds is 4. The van der Waals surface area contributed by atoms with Gasteiger partial charge in [-0.2, -0.15) is 0 Å². The van der Waals surface area contributed by atoms with Crippen LogP contribution in [0.2, 0.25) is 0 Å². The molecule has 0 unspecified atom stereocenters. The molecule has 0 spiro atoms. The average Bonchev–Trinajstić information content (AvgIpc) is 2.39. The van der Waals surface area contributed by atoms with Gasteiger partial charge in [-0.05, 0) is 24.3 Å². The normalized spacial score (nSPS) is 10.2. The summed E-state index contributed by atoms with van der Waals surface area (Å²) in [5, 5.41) is 9.09. The van der Waals surface area contributed by atoms with Crippen molar-refractivity contribution in [1.29, 1.82) is 0 Å². The zero-order valence-corrected chi connectivity index (χ0v) is 11.0. The highest BCUT2D eigenvalue weighted by atomic mass is 32.2. The summed E-state index contributed by atoms with van der Waals surface area (Å²) in [6.07, 6.45) is 1.57. The number of pyridine rings is 1. The van der Waals surface area contributed by atoms with Crippen molar-refractivity contribution in [2.24, 2.45) is 0 Å². The van der Waals surface area contributed by atoms with Crippen molar-refractivity contribution in [1.82, 2.24) is 4.98 Å². The van der Waals surface area contributed by atoms with Gasteiger partial charge in [0.05, 0.1) is 5.56 Å². The van der Waals surface area contributed by atoms with Crippen LogP contribution in [0, 0.1) is 0 Å². The number of nitrogens with zero attached hydrogens (tertiary/aromatic N) is 1. The van der Waals surface area contributed by atoms with Gasteiger partial charge in [-0.1, -0.05) is 23.9 Å². The van der Waals surface area contributed by atoms with Gasteiger partial charge in [-0.25, -0.2) is 4.79 Å². The molecule has 4 nitrogen and oxygen atoms in total. The molecule has 19 heavy (non-hydrogen) atoms. The van der Waals surface area contributed by atoms with E-state index in [0.29, 0.717) is 10.6 Å². The molecule has 0 fully saturated rings. The van der Waals surface area contributed by atoms with E-state index in [0.717, 1.165) is 4.90 Å². The van der Waals surface area contributed by atoms with E-state index in [4.69, 9.17) is 5.11 Å². The van der Waals surface area contributed by atoms with Crippen molar-refractivity contribution in [3.05, 3.63) is 53.9 Å². The Morgan fingerprint density at radius 2 is 1.89 bits per heavy atom. The number of aromatic carboxylic acids is 1. The van der Waals surface area contributed by atoms with Crippen LogP contribution in [0.3, 0.4) is 0 Å². The van der Waals surface area contributed by atoms with Crippen LogP contribution in [-0.2, 0) is 0 Å². The summed E-state index contributed by atoms with van der Waals surface area (Å²) >= 11 is 1.31. The standard InChI is InChI=1S/C14H11NO3S/c1-9(16)12-7-6-10(8-15-12)19-13-5-3-2-4-11(13)14(17)18/h2-8H,1H3,(H,17,18). The van der Waals surface area contributed by atoms with Crippen molar-refractivity contribution in [3.63, 3.8) is 0 Å². The molecule has 1 aromatic heterocycles. The molecule has 1 aromatic carbocycles. The molecule has 2 aromatic rings. The minimum absolute atomic E-state index is 0.0949. The van der Waals surface area contributed by atoms with E-state index >= 15 is 0 Å². The molecule has 96 valence electrons. The first-order chi connectivity index (χ1) is 9.08. The third-order valence-corrected chi connectivity index (χ3v) is 3.50. The van der Waals surface area contributed by atoms with E-state index in [1.54, 1.807) is 42.6 Å². The Morgan fingerprint density at radius 3 is 2.47 bits per heavy atom. The Labute approximate surface area is 114 Å². The zero-order valence-electron chi connectivity index (χ0n) is 10.2. The zero-order chi connectivity index (χ0) is 13.8. The van der Waals surface area contributed by atoms with Crippen LogP contribution in [-0.4, -0.2) is 21.8 Å². The van der Waals surface area contributed by atoms with Gasteiger partial charge in [-0.15, -0.1) is 0 Å². The molecular weight excluding hydrogens is 262 g/mol. The first-order valence-corrected chi connectivity index (χ1v) is 6.37. The second-order valence-corrected chi connectivity index (χ2v) is 4.95. The maximum atomic E-state index is 11.1. The Morgan fingerprint density at radius 1 is 1.16 bits per heavy atom. The first kappa shape index (κ1) is 13.3. The molecule has 0 amide bonds. The molecule has 5 heteroatoms. The molecule has 0 saturated heterocycles. The molecule has 0 aliphatic rings. The van der Waals surface area contributed by atoms with Crippen LogP contribution >= 0.6 is 11.8 Å². The lowest BCUT2D eigenvalue weighted by Gasteiger charge is -2.05. The topological polar surface area (TPSA) is 67.3 Å². The number of Topliss-reactive ketones (excluding diaryl/α,β-unsaturated/α-hetero) is 1. The minimum atomic E-state index is -0.962.